The van der Waals surface area contributed by atoms with Gasteiger partial charge in [-0.1, -0.05) is 18.2 Å². The minimum absolute atomic E-state index is 0.300. The molecule has 0 amide bonds. The van der Waals surface area contributed by atoms with Crippen LogP contribution in [0.15, 0.2) is 24.3 Å². The molecule has 1 unspecified atom stereocenters. The Labute approximate surface area is 99.2 Å². The standard InChI is InChI=1S/C11H12N2O2S/c1-12-11(16)13(2)9-7-5-3-4-6-8(7)10(14)15-9/h3-6,9H,1-2H3,(H,12,16)/i15+2. The predicted octanol–water partition coefficient (Wildman–Crippen LogP) is 1.29. The molecule has 1 aromatic carbocycles. The minimum Gasteiger partial charge on any atom is -0.433 e. The molecule has 1 aliphatic rings. The maximum atomic E-state index is 11.6. The van der Waals surface area contributed by atoms with Gasteiger partial charge in [0.2, 0.25) is 6.23 Å². The molecule has 0 aliphatic carbocycles. The molecule has 2 rings (SSSR count). The molecule has 0 bridgehead atoms. The van der Waals surface area contributed by atoms with Gasteiger partial charge in [0.1, 0.15) is 0 Å². The van der Waals surface area contributed by atoms with E-state index in [4.69, 9.17) is 17.0 Å². The largest absolute Gasteiger partial charge is 0.433 e. The van der Waals surface area contributed by atoms with Crippen LogP contribution in [0.4, 0.5) is 0 Å². The fourth-order valence-electron chi connectivity index (χ4n) is 1.70. The normalized spacial score (nSPS) is 17.6. The van der Waals surface area contributed by atoms with Crippen LogP contribution in [-0.4, -0.2) is 30.1 Å². The molecule has 0 spiro atoms. The van der Waals surface area contributed by atoms with Crippen molar-refractivity contribution in [2.45, 2.75) is 6.23 Å². The molecule has 0 saturated heterocycles. The summed E-state index contributed by atoms with van der Waals surface area (Å²) in [7, 11) is 3.53. The van der Waals surface area contributed by atoms with Crippen LogP contribution in [0, 0.1) is 0 Å². The number of carbonyl (C=O) groups is 1. The Hall–Kier alpha value is -1.62. The van der Waals surface area contributed by atoms with Gasteiger partial charge in [0.25, 0.3) is 0 Å². The monoisotopic (exact) mass is 238 g/mol. The van der Waals surface area contributed by atoms with Crippen molar-refractivity contribution in [3.63, 3.8) is 0 Å². The van der Waals surface area contributed by atoms with Gasteiger partial charge < -0.3 is 15.0 Å². The molecule has 84 valence electrons. The first-order chi connectivity index (χ1) is 7.65. The average Bonchev–Trinajstić information content (AvgIpc) is 2.65. The van der Waals surface area contributed by atoms with Gasteiger partial charge >= 0.3 is 5.97 Å². The summed E-state index contributed by atoms with van der Waals surface area (Å²) in [5.74, 6) is -0.300. The van der Waals surface area contributed by atoms with E-state index >= 15 is 0 Å². The summed E-state index contributed by atoms with van der Waals surface area (Å²) in [5.41, 5.74) is 1.46. The first-order valence-electron chi connectivity index (χ1n) is 4.89. The van der Waals surface area contributed by atoms with Crippen LogP contribution in [-0.2, 0) is 4.74 Å². The fourth-order valence-corrected chi connectivity index (χ4v) is 1.79. The first kappa shape index (κ1) is 10.9. The molecule has 16 heavy (non-hydrogen) atoms. The van der Waals surface area contributed by atoms with Crippen LogP contribution in [0.25, 0.3) is 0 Å². The van der Waals surface area contributed by atoms with Crippen molar-refractivity contribution in [2.24, 2.45) is 0 Å². The number of hydrogen-bond donors (Lipinski definition) is 1. The highest BCUT2D eigenvalue weighted by Gasteiger charge is 2.34. The molecular weight excluding hydrogens is 226 g/mol. The highest BCUT2D eigenvalue weighted by molar-refractivity contribution is 7.80. The van der Waals surface area contributed by atoms with Crippen molar-refractivity contribution in [1.82, 2.24) is 10.2 Å². The van der Waals surface area contributed by atoms with Gasteiger partial charge in [-0.15, -0.1) is 0 Å². The van der Waals surface area contributed by atoms with Gasteiger partial charge in [0.05, 0.1) is 5.56 Å². The van der Waals surface area contributed by atoms with Crippen molar-refractivity contribution in [3.8, 4) is 0 Å². The van der Waals surface area contributed by atoms with E-state index in [0.717, 1.165) is 5.56 Å². The van der Waals surface area contributed by atoms with E-state index in [1.54, 1.807) is 25.1 Å². The Bertz CT molecular complexity index is 447. The number of ether oxygens (including phenoxy) is 1. The maximum absolute atomic E-state index is 11.6. The van der Waals surface area contributed by atoms with Gasteiger partial charge in [0, 0.05) is 19.7 Å². The third-order valence-corrected chi connectivity index (χ3v) is 3.04. The third kappa shape index (κ3) is 1.63. The molecule has 1 N–H and O–H groups in total. The number of rotatable bonds is 1. The van der Waals surface area contributed by atoms with Gasteiger partial charge in [-0.25, -0.2) is 4.79 Å². The molecule has 0 aromatic heterocycles. The van der Waals surface area contributed by atoms with Crippen molar-refractivity contribution in [1.29, 1.82) is 0 Å². The number of thiocarbonyl (C=S) groups is 1. The van der Waals surface area contributed by atoms with Gasteiger partial charge in [-0.3, -0.25) is 0 Å². The van der Waals surface area contributed by atoms with Gasteiger partial charge in [-0.05, 0) is 18.3 Å². The molecule has 1 aromatic rings. The summed E-state index contributed by atoms with van der Waals surface area (Å²) in [6, 6.07) is 7.33. The van der Waals surface area contributed by atoms with Crippen molar-refractivity contribution in [2.75, 3.05) is 14.1 Å². The van der Waals surface area contributed by atoms with E-state index in [1.807, 2.05) is 18.2 Å². The van der Waals surface area contributed by atoms with Crippen molar-refractivity contribution >= 4 is 23.3 Å². The summed E-state index contributed by atoms with van der Waals surface area (Å²) in [6.45, 7) is 0. The van der Waals surface area contributed by atoms with E-state index in [1.165, 1.54) is 0 Å². The van der Waals surface area contributed by atoms with Crippen LogP contribution in [0.1, 0.15) is 22.1 Å². The minimum atomic E-state index is -0.427. The summed E-state index contributed by atoms with van der Waals surface area (Å²) >= 11 is 5.11. The number of carbonyl (C=O) groups excluding carboxylic acids is 1. The molecule has 0 fully saturated rings. The van der Waals surface area contributed by atoms with Crippen LogP contribution in [0.3, 0.4) is 0 Å². The lowest BCUT2D eigenvalue weighted by molar-refractivity contribution is 0.00925. The number of hydrogen-bond acceptors (Lipinski definition) is 3. The molecule has 1 aliphatic heterocycles. The zero-order chi connectivity index (χ0) is 11.7. The second-order valence-corrected chi connectivity index (χ2v) is 3.90. The smallest absolute Gasteiger partial charge is 0.340 e. The third-order valence-electron chi connectivity index (χ3n) is 2.55. The second kappa shape index (κ2) is 4.09. The topological polar surface area (TPSA) is 41.6 Å². The maximum Gasteiger partial charge on any atom is 0.340 e. The van der Waals surface area contributed by atoms with Crippen molar-refractivity contribution < 1.29 is 9.53 Å². The SMILES string of the molecule is CNC(=S)N(C)C1[18O]C(=O)c2ccccc21. The molecule has 1 heterocycles. The van der Waals surface area contributed by atoms with Crippen molar-refractivity contribution in [3.05, 3.63) is 35.4 Å². The van der Waals surface area contributed by atoms with E-state index in [-0.39, 0.29) is 5.97 Å². The van der Waals surface area contributed by atoms with E-state index in [0.29, 0.717) is 10.7 Å². The van der Waals surface area contributed by atoms with Crippen LogP contribution < -0.4 is 5.32 Å². The fraction of sp³-hybridized carbons (Fsp3) is 0.273. The lowest BCUT2D eigenvalue weighted by atomic mass is 10.1. The number of esters is 1. The number of benzene rings is 1. The van der Waals surface area contributed by atoms with E-state index < -0.39 is 6.23 Å². The second-order valence-electron chi connectivity index (χ2n) is 3.51. The molecule has 1 atom stereocenters. The van der Waals surface area contributed by atoms with Gasteiger partial charge in [0.15, 0.2) is 5.11 Å². The highest BCUT2D eigenvalue weighted by Crippen LogP contribution is 2.32. The lowest BCUT2D eigenvalue weighted by Gasteiger charge is -2.25. The Morgan fingerprint density at radius 3 is 2.88 bits per heavy atom. The number of cyclic esters (lactones) is 1. The summed E-state index contributed by atoms with van der Waals surface area (Å²) < 4.78 is 5.28. The van der Waals surface area contributed by atoms with Crippen LogP contribution >= 0.6 is 12.2 Å². The predicted molar refractivity (Wildman–Crippen MR) is 64.0 cm³/mol. The van der Waals surface area contributed by atoms with E-state index in [2.05, 4.69) is 5.32 Å². The molecular formula is C11H12N2O2S. The highest BCUT2D eigenvalue weighted by atomic mass is 32.1. The number of nitrogens with zero attached hydrogens (tertiary/aromatic N) is 1. The van der Waals surface area contributed by atoms with Crippen LogP contribution in [0.2, 0.25) is 0 Å². The Morgan fingerprint density at radius 2 is 2.19 bits per heavy atom. The van der Waals surface area contributed by atoms with Gasteiger partial charge in [-0.2, -0.15) is 0 Å². The molecule has 0 saturated carbocycles. The summed E-state index contributed by atoms with van der Waals surface area (Å²) in [5, 5.41) is 3.39. The number of nitrogens with one attached hydrogen (secondary N) is 1. The Kier molecular flexibility index (Phi) is 2.78. The Balaban J connectivity index is 2.34. The lowest BCUT2D eigenvalue weighted by Crippen LogP contribution is -2.37. The van der Waals surface area contributed by atoms with Crippen LogP contribution in [0.5, 0.6) is 0 Å². The zero-order valence-corrected chi connectivity index (χ0v) is 9.88. The Morgan fingerprint density at radius 1 is 1.50 bits per heavy atom. The zero-order valence-electron chi connectivity index (χ0n) is 9.06. The quantitative estimate of drug-likeness (QED) is 0.453. The molecule has 4 nitrogen and oxygen atoms in total. The first-order valence-corrected chi connectivity index (χ1v) is 5.30. The average molecular weight is 238 g/mol. The molecule has 0 radical (unpaired) electrons. The number of fused-ring (bicyclic) bond motifs is 1. The molecule has 5 heteroatoms. The summed E-state index contributed by atoms with van der Waals surface area (Å²) in [6.07, 6.45) is -0.427. The van der Waals surface area contributed by atoms with E-state index in [9.17, 15) is 4.79 Å². The summed E-state index contributed by atoms with van der Waals surface area (Å²) in [4.78, 5) is 13.3.